The number of rotatable bonds is 7. The maximum absolute atomic E-state index is 5.32. The van der Waals surface area contributed by atoms with Gasteiger partial charge in [0.15, 0.2) is 0 Å². The molecule has 0 heterocycles. The molecule has 0 unspecified atom stereocenters. The van der Waals surface area contributed by atoms with Crippen molar-refractivity contribution in [1.82, 2.24) is 0 Å². The first-order valence-electron chi connectivity index (χ1n) is 7.91. The molecule has 0 aliphatic carbocycles. The predicted octanol–water partition coefficient (Wildman–Crippen LogP) is 5.00. The van der Waals surface area contributed by atoms with Crippen molar-refractivity contribution in [2.24, 2.45) is 21.6 Å². The van der Waals surface area contributed by atoms with Crippen LogP contribution in [0, 0.1) is 5.92 Å². The zero-order chi connectivity index (χ0) is 17.8. The Bertz CT molecular complexity index is 580. The lowest BCUT2D eigenvalue weighted by atomic mass is 10.0. The maximum atomic E-state index is 5.32. The second-order valence-corrected chi connectivity index (χ2v) is 5.85. The molecular formula is C20H31N3. The summed E-state index contributed by atoms with van der Waals surface area (Å²) < 4.78 is 0. The summed E-state index contributed by atoms with van der Waals surface area (Å²) in [4.78, 5) is 8.81. The van der Waals surface area contributed by atoms with E-state index in [1.807, 2.05) is 39.1 Å². The van der Waals surface area contributed by atoms with Crippen molar-refractivity contribution in [3.8, 4) is 0 Å². The van der Waals surface area contributed by atoms with E-state index < -0.39 is 0 Å². The Morgan fingerprint density at radius 2 is 1.61 bits per heavy atom. The van der Waals surface area contributed by atoms with Crippen LogP contribution in [-0.4, -0.2) is 19.0 Å². The van der Waals surface area contributed by atoms with Crippen LogP contribution in [0.3, 0.4) is 0 Å². The summed E-state index contributed by atoms with van der Waals surface area (Å²) >= 11 is 0. The molecule has 0 aromatic carbocycles. The monoisotopic (exact) mass is 313 g/mol. The minimum atomic E-state index is 0.406. The Morgan fingerprint density at radius 3 is 2.13 bits per heavy atom. The van der Waals surface area contributed by atoms with Crippen molar-refractivity contribution < 1.29 is 0 Å². The molecule has 126 valence electrons. The molecule has 0 saturated heterocycles. The Labute approximate surface area is 141 Å². The molecule has 0 aromatic rings. The Balaban J connectivity index is 5.26. The molecule has 0 fully saturated rings. The smallest absolute Gasteiger partial charge is 0.0425 e. The highest BCUT2D eigenvalue weighted by molar-refractivity contribution is 5.95. The highest BCUT2D eigenvalue weighted by Crippen LogP contribution is 2.14. The van der Waals surface area contributed by atoms with E-state index in [1.54, 1.807) is 7.05 Å². The van der Waals surface area contributed by atoms with Gasteiger partial charge < -0.3 is 5.73 Å². The van der Waals surface area contributed by atoms with Gasteiger partial charge in [0, 0.05) is 24.7 Å². The fraction of sp³-hybridized carbons (Fsp3) is 0.400. The standard InChI is InChI=1S/C20H31N3/c1-15(2)20(14-22-7)19(6)23-18(5)13-17(4)11-10-16(3)9-8-12-21/h8-15H,21H2,1-7H3/b11-10-,12-8+,16-9-,17-13+,20-19-,22-14?,23-18-. The summed E-state index contributed by atoms with van der Waals surface area (Å²) in [7, 11) is 1.79. The van der Waals surface area contributed by atoms with Gasteiger partial charge in [-0.25, -0.2) is 0 Å². The van der Waals surface area contributed by atoms with Gasteiger partial charge in [-0.15, -0.1) is 0 Å². The molecule has 0 bridgehead atoms. The maximum Gasteiger partial charge on any atom is 0.0425 e. The number of hydrogen-bond acceptors (Lipinski definition) is 3. The second kappa shape index (κ2) is 11.4. The van der Waals surface area contributed by atoms with Crippen molar-refractivity contribution in [2.45, 2.75) is 41.5 Å². The molecule has 0 aromatic heterocycles. The average Bonchev–Trinajstić information content (AvgIpc) is 2.47. The molecule has 0 amide bonds. The second-order valence-electron chi connectivity index (χ2n) is 5.85. The topological polar surface area (TPSA) is 50.7 Å². The lowest BCUT2D eigenvalue weighted by Crippen LogP contribution is -2.00. The summed E-state index contributed by atoms with van der Waals surface area (Å²) in [6, 6.07) is 0. The molecule has 0 rings (SSSR count). The molecule has 0 aliphatic rings. The summed E-state index contributed by atoms with van der Waals surface area (Å²) in [5.74, 6) is 0.406. The first-order chi connectivity index (χ1) is 10.8. The zero-order valence-corrected chi connectivity index (χ0v) is 15.6. The first kappa shape index (κ1) is 20.8. The van der Waals surface area contributed by atoms with Crippen LogP contribution >= 0.6 is 0 Å². The fourth-order valence-corrected chi connectivity index (χ4v) is 2.06. The highest BCUT2D eigenvalue weighted by atomic mass is 14.8. The van der Waals surface area contributed by atoms with Gasteiger partial charge in [0.25, 0.3) is 0 Å². The van der Waals surface area contributed by atoms with Crippen LogP contribution in [0.1, 0.15) is 41.5 Å². The quantitative estimate of drug-likeness (QED) is 0.522. The van der Waals surface area contributed by atoms with Crippen molar-refractivity contribution in [1.29, 1.82) is 0 Å². The van der Waals surface area contributed by atoms with Crippen LogP contribution in [0.2, 0.25) is 0 Å². The Hall–Kier alpha value is -2.16. The van der Waals surface area contributed by atoms with E-state index in [1.165, 1.54) is 11.8 Å². The van der Waals surface area contributed by atoms with Gasteiger partial charge in [-0.1, -0.05) is 37.6 Å². The van der Waals surface area contributed by atoms with Gasteiger partial charge >= 0.3 is 0 Å². The Morgan fingerprint density at radius 1 is 1.00 bits per heavy atom. The van der Waals surface area contributed by atoms with E-state index >= 15 is 0 Å². The van der Waals surface area contributed by atoms with E-state index in [2.05, 4.69) is 49.0 Å². The molecule has 0 aliphatic heterocycles. The minimum Gasteiger partial charge on any atom is -0.405 e. The van der Waals surface area contributed by atoms with E-state index in [0.717, 1.165) is 22.6 Å². The van der Waals surface area contributed by atoms with E-state index in [-0.39, 0.29) is 0 Å². The summed E-state index contributed by atoms with van der Waals surface area (Å²) in [5, 5.41) is 0. The molecule has 0 atom stereocenters. The molecule has 0 saturated carbocycles. The lowest BCUT2D eigenvalue weighted by molar-refractivity contribution is 0.793. The van der Waals surface area contributed by atoms with Crippen molar-refractivity contribution in [2.75, 3.05) is 7.05 Å². The number of nitrogens with two attached hydrogens (primary N) is 1. The van der Waals surface area contributed by atoms with E-state index in [0.29, 0.717) is 5.92 Å². The molecule has 0 spiro atoms. The van der Waals surface area contributed by atoms with Crippen LogP contribution in [0.15, 0.2) is 69.0 Å². The van der Waals surface area contributed by atoms with Gasteiger partial charge in [0.05, 0.1) is 0 Å². The van der Waals surface area contributed by atoms with Crippen LogP contribution in [0.5, 0.6) is 0 Å². The summed E-state index contributed by atoms with van der Waals surface area (Å²) in [5.41, 5.74) is 10.8. The molecule has 0 radical (unpaired) electrons. The third-order valence-corrected chi connectivity index (χ3v) is 3.17. The van der Waals surface area contributed by atoms with E-state index in [4.69, 9.17) is 5.73 Å². The SMILES string of the molecule is CN=C/C(=C(C)/N=C(C)\C=C(C)\C=C/C(C)=C\C=C\N)C(C)C. The number of aliphatic imine (C=N–C) groups is 2. The van der Waals surface area contributed by atoms with Gasteiger partial charge in [-0.05, 0) is 63.1 Å². The number of hydrogen-bond donors (Lipinski definition) is 1. The molecule has 3 nitrogen and oxygen atoms in total. The molecular weight excluding hydrogens is 282 g/mol. The highest BCUT2D eigenvalue weighted by Gasteiger charge is 2.04. The first-order valence-corrected chi connectivity index (χ1v) is 7.91. The normalized spacial score (nSPS) is 16.3. The molecule has 23 heavy (non-hydrogen) atoms. The fourth-order valence-electron chi connectivity index (χ4n) is 2.06. The van der Waals surface area contributed by atoms with Gasteiger partial charge in [0.1, 0.15) is 0 Å². The summed E-state index contributed by atoms with van der Waals surface area (Å²) in [6.07, 6.45) is 13.4. The summed E-state index contributed by atoms with van der Waals surface area (Å²) in [6.45, 7) is 12.5. The van der Waals surface area contributed by atoms with Gasteiger partial charge in [-0.3, -0.25) is 9.98 Å². The minimum absolute atomic E-state index is 0.406. The lowest BCUT2D eigenvalue weighted by Gasteiger charge is -2.08. The third-order valence-electron chi connectivity index (χ3n) is 3.17. The zero-order valence-electron chi connectivity index (χ0n) is 15.6. The van der Waals surface area contributed by atoms with Gasteiger partial charge in [0.2, 0.25) is 0 Å². The number of allylic oxidation sites excluding steroid dienone is 9. The average molecular weight is 313 g/mol. The third kappa shape index (κ3) is 9.46. The molecule has 3 heteroatoms. The van der Waals surface area contributed by atoms with Crippen molar-refractivity contribution in [3.05, 3.63) is 59.0 Å². The Kier molecular flexibility index (Phi) is 10.3. The van der Waals surface area contributed by atoms with Crippen LogP contribution in [0.4, 0.5) is 0 Å². The van der Waals surface area contributed by atoms with Crippen LogP contribution in [-0.2, 0) is 0 Å². The van der Waals surface area contributed by atoms with Gasteiger partial charge in [-0.2, -0.15) is 0 Å². The van der Waals surface area contributed by atoms with Crippen LogP contribution in [0.25, 0.3) is 0 Å². The van der Waals surface area contributed by atoms with Crippen molar-refractivity contribution >= 4 is 11.9 Å². The van der Waals surface area contributed by atoms with Crippen LogP contribution < -0.4 is 5.73 Å². The largest absolute Gasteiger partial charge is 0.405 e. The van der Waals surface area contributed by atoms with Crippen molar-refractivity contribution in [3.63, 3.8) is 0 Å². The predicted molar refractivity (Wildman–Crippen MR) is 105 cm³/mol. The molecule has 2 N–H and O–H groups in total. The number of nitrogens with zero attached hydrogens (tertiary/aromatic N) is 2. The van der Waals surface area contributed by atoms with E-state index in [9.17, 15) is 0 Å².